The largest absolute Gasteiger partial charge is 0.364 e. The van der Waals surface area contributed by atoms with E-state index in [0.717, 1.165) is 13.1 Å². The Balaban J connectivity index is 2.00. The van der Waals surface area contributed by atoms with Crippen LogP contribution in [-0.4, -0.2) is 30.1 Å². The minimum Gasteiger partial charge on any atom is -0.364 e. The molecular formula is C18H28N2S. The van der Waals surface area contributed by atoms with Crippen LogP contribution in [0.3, 0.4) is 0 Å². The van der Waals surface area contributed by atoms with Crippen LogP contribution in [0, 0.1) is 5.41 Å². The third-order valence-electron chi connectivity index (χ3n) is 4.98. The van der Waals surface area contributed by atoms with E-state index in [1.165, 1.54) is 48.4 Å². The van der Waals surface area contributed by atoms with Gasteiger partial charge in [-0.15, -0.1) is 0 Å². The summed E-state index contributed by atoms with van der Waals surface area (Å²) in [6.07, 6.45) is 4.99. The Labute approximate surface area is 133 Å². The number of anilines is 1. The molecule has 2 heterocycles. The molecule has 2 nitrogen and oxygen atoms in total. The highest BCUT2D eigenvalue weighted by atomic mass is 32.2. The molecule has 0 aliphatic carbocycles. The average Bonchev–Trinajstić information content (AvgIpc) is 2.68. The minimum absolute atomic E-state index is 0.132. The van der Waals surface area contributed by atoms with E-state index >= 15 is 0 Å². The van der Waals surface area contributed by atoms with Gasteiger partial charge in [0.2, 0.25) is 0 Å². The van der Waals surface area contributed by atoms with Crippen molar-refractivity contribution in [2.45, 2.75) is 45.1 Å². The van der Waals surface area contributed by atoms with Crippen LogP contribution in [0.15, 0.2) is 24.3 Å². The van der Waals surface area contributed by atoms with Gasteiger partial charge in [-0.2, -0.15) is 11.8 Å². The zero-order valence-electron chi connectivity index (χ0n) is 13.4. The van der Waals surface area contributed by atoms with Crippen molar-refractivity contribution in [2.24, 2.45) is 11.1 Å². The molecule has 1 atom stereocenters. The van der Waals surface area contributed by atoms with Gasteiger partial charge in [-0.1, -0.05) is 32.0 Å². The second kappa shape index (κ2) is 5.85. The molecular weight excluding hydrogens is 276 g/mol. The smallest absolute Gasteiger partial charge is 0.0619 e. The molecule has 21 heavy (non-hydrogen) atoms. The van der Waals surface area contributed by atoms with Gasteiger partial charge in [0.15, 0.2) is 0 Å². The van der Waals surface area contributed by atoms with Crippen molar-refractivity contribution >= 4 is 17.4 Å². The fraction of sp³-hybridized carbons (Fsp3) is 0.667. The van der Waals surface area contributed by atoms with Gasteiger partial charge in [-0.3, -0.25) is 0 Å². The van der Waals surface area contributed by atoms with Crippen LogP contribution in [-0.2, 0) is 6.42 Å². The first-order valence-corrected chi connectivity index (χ1v) is 9.35. The van der Waals surface area contributed by atoms with Crippen LogP contribution >= 0.6 is 11.8 Å². The molecule has 3 rings (SSSR count). The number of hydrogen-bond donors (Lipinski definition) is 1. The molecule has 2 aliphatic rings. The normalized spacial score (nSPS) is 28.8. The third-order valence-corrected chi connectivity index (χ3v) is 6.71. The lowest BCUT2D eigenvalue weighted by molar-refractivity contribution is 0.258. The van der Waals surface area contributed by atoms with Crippen molar-refractivity contribution in [3.63, 3.8) is 0 Å². The summed E-state index contributed by atoms with van der Waals surface area (Å²) in [5.74, 6) is 2.42. The fourth-order valence-corrected chi connectivity index (χ4v) is 5.62. The highest BCUT2D eigenvalue weighted by molar-refractivity contribution is 7.99. The lowest BCUT2D eigenvalue weighted by atomic mass is 9.78. The molecule has 0 spiro atoms. The van der Waals surface area contributed by atoms with Gasteiger partial charge in [0, 0.05) is 24.5 Å². The molecule has 0 radical (unpaired) electrons. The quantitative estimate of drug-likeness (QED) is 0.903. The van der Waals surface area contributed by atoms with Crippen LogP contribution in [0.1, 0.15) is 38.7 Å². The van der Waals surface area contributed by atoms with Crippen LogP contribution in [0.5, 0.6) is 0 Å². The van der Waals surface area contributed by atoms with E-state index in [9.17, 15) is 0 Å². The van der Waals surface area contributed by atoms with E-state index < -0.39 is 0 Å². The van der Waals surface area contributed by atoms with Crippen molar-refractivity contribution in [1.82, 2.24) is 0 Å². The van der Waals surface area contributed by atoms with E-state index in [4.69, 9.17) is 5.73 Å². The first-order chi connectivity index (χ1) is 10.1. The number of thioether (sulfide) groups is 1. The summed E-state index contributed by atoms with van der Waals surface area (Å²) >= 11 is 2.09. The van der Waals surface area contributed by atoms with Crippen LogP contribution < -0.4 is 10.6 Å². The Kier molecular flexibility index (Phi) is 4.24. The highest BCUT2D eigenvalue weighted by Gasteiger charge is 2.44. The van der Waals surface area contributed by atoms with E-state index in [1.807, 2.05) is 0 Å². The second-order valence-corrected chi connectivity index (χ2v) is 8.49. The number of nitrogens with two attached hydrogens (primary N) is 1. The predicted octanol–water partition coefficient (Wildman–Crippen LogP) is 3.69. The zero-order chi connectivity index (χ0) is 14.9. The molecule has 116 valence electrons. The van der Waals surface area contributed by atoms with Crippen LogP contribution in [0.25, 0.3) is 0 Å². The molecule has 1 unspecified atom stereocenters. The van der Waals surface area contributed by atoms with Gasteiger partial charge >= 0.3 is 0 Å². The number of rotatable bonds is 2. The molecule has 0 amide bonds. The van der Waals surface area contributed by atoms with Gasteiger partial charge in [0.1, 0.15) is 0 Å². The van der Waals surface area contributed by atoms with Crippen molar-refractivity contribution in [1.29, 1.82) is 0 Å². The van der Waals surface area contributed by atoms with Crippen LogP contribution in [0.4, 0.5) is 5.69 Å². The lowest BCUT2D eigenvalue weighted by Gasteiger charge is -2.51. The topological polar surface area (TPSA) is 29.3 Å². The molecule has 0 saturated carbocycles. The monoisotopic (exact) mass is 304 g/mol. The number of fused-ring (bicyclic) bond motifs is 1. The lowest BCUT2D eigenvalue weighted by Crippen LogP contribution is -2.60. The Morgan fingerprint density at radius 2 is 2.00 bits per heavy atom. The molecule has 0 bridgehead atoms. The molecule has 2 N–H and O–H groups in total. The number of nitrogens with zero attached hydrogens (tertiary/aromatic N) is 1. The SMILES string of the molecule is CC1(C)CSCC(CN)(N2CCCCc3ccccc32)C1. The highest BCUT2D eigenvalue weighted by Crippen LogP contribution is 2.44. The second-order valence-electron chi connectivity index (χ2n) is 7.50. The molecule has 1 aromatic carbocycles. The first kappa shape index (κ1) is 15.2. The standard InChI is InChI=1S/C18H28N2S/c1-17(2)11-18(12-19,14-21-13-17)20-10-6-5-8-15-7-3-4-9-16(15)20/h3-4,7,9H,5-6,8,10-14,19H2,1-2H3. The van der Waals surface area contributed by atoms with Crippen molar-refractivity contribution < 1.29 is 0 Å². The Hall–Kier alpha value is -0.670. The third kappa shape index (κ3) is 2.95. The number of hydrogen-bond acceptors (Lipinski definition) is 3. The summed E-state index contributed by atoms with van der Waals surface area (Å²) in [5.41, 5.74) is 9.81. The maximum atomic E-state index is 6.34. The Morgan fingerprint density at radius 3 is 2.76 bits per heavy atom. The molecule has 1 saturated heterocycles. The van der Waals surface area contributed by atoms with E-state index in [-0.39, 0.29) is 5.54 Å². The Morgan fingerprint density at radius 1 is 1.19 bits per heavy atom. The van der Waals surface area contributed by atoms with E-state index in [0.29, 0.717) is 5.41 Å². The first-order valence-electron chi connectivity index (χ1n) is 8.20. The summed E-state index contributed by atoms with van der Waals surface area (Å²) < 4.78 is 0. The molecule has 2 aliphatic heterocycles. The van der Waals surface area contributed by atoms with Gasteiger partial charge in [-0.25, -0.2) is 0 Å². The molecule has 1 fully saturated rings. The molecule has 1 aromatic rings. The van der Waals surface area contributed by atoms with Gasteiger partial charge in [0.25, 0.3) is 0 Å². The average molecular weight is 305 g/mol. The number of benzene rings is 1. The van der Waals surface area contributed by atoms with Gasteiger partial charge in [-0.05, 0) is 48.5 Å². The van der Waals surface area contributed by atoms with Crippen molar-refractivity contribution in [2.75, 3.05) is 29.5 Å². The fourth-order valence-electron chi connectivity index (χ4n) is 4.11. The number of aryl methyl sites for hydroxylation is 1. The summed E-state index contributed by atoms with van der Waals surface area (Å²) in [6.45, 7) is 6.71. The Bertz CT molecular complexity index is 500. The summed E-state index contributed by atoms with van der Waals surface area (Å²) in [4.78, 5) is 2.67. The van der Waals surface area contributed by atoms with Crippen LogP contribution in [0.2, 0.25) is 0 Å². The summed E-state index contributed by atoms with van der Waals surface area (Å²) in [7, 11) is 0. The maximum Gasteiger partial charge on any atom is 0.0619 e. The van der Waals surface area contributed by atoms with Crippen molar-refractivity contribution in [3.8, 4) is 0 Å². The summed E-state index contributed by atoms with van der Waals surface area (Å²) in [5, 5.41) is 0. The van der Waals surface area contributed by atoms with E-state index in [1.54, 1.807) is 0 Å². The minimum atomic E-state index is 0.132. The molecule has 0 aromatic heterocycles. The predicted molar refractivity (Wildman–Crippen MR) is 94.2 cm³/mol. The van der Waals surface area contributed by atoms with Crippen molar-refractivity contribution in [3.05, 3.63) is 29.8 Å². The van der Waals surface area contributed by atoms with E-state index in [2.05, 4.69) is 54.8 Å². The maximum absolute atomic E-state index is 6.34. The molecule has 3 heteroatoms. The van der Waals surface area contributed by atoms with Gasteiger partial charge < -0.3 is 10.6 Å². The summed E-state index contributed by atoms with van der Waals surface area (Å²) in [6, 6.07) is 8.98. The van der Waals surface area contributed by atoms with Gasteiger partial charge in [0.05, 0.1) is 5.54 Å². The zero-order valence-corrected chi connectivity index (χ0v) is 14.2. The number of para-hydroxylation sites is 1.